The van der Waals surface area contributed by atoms with E-state index in [-0.39, 0.29) is 5.60 Å². The Bertz CT molecular complexity index is 701. The first-order valence-corrected chi connectivity index (χ1v) is 8.64. The Balaban J connectivity index is 1.58. The van der Waals surface area contributed by atoms with E-state index >= 15 is 0 Å². The molecule has 23 heavy (non-hydrogen) atoms. The Labute approximate surface area is 136 Å². The highest BCUT2D eigenvalue weighted by atomic mass is 16.5. The van der Waals surface area contributed by atoms with Crippen LogP contribution in [0, 0.1) is 0 Å². The predicted molar refractivity (Wildman–Crippen MR) is 88.8 cm³/mol. The molecule has 2 fully saturated rings. The van der Waals surface area contributed by atoms with Crippen molar-refractivity contribution in [2.45, 2.75) is 64.0 Å². The number of fused-ring (bicyclic) bond motifs is 1. The average Bonchev–Trinajstić information content (AvgIpc) is 3.09. The number of ether oxygens (including phenoxy) is 1. The van der Waals surface area contributed by atoms with Crippen LogP contribution < -0.4 is 4.90 Å². The van der Waals surface area contributed by atoms with Gasteiger partial charge in [-0.2, -0.15) is 4.52 Å². The molecule has 124 valence electrons. The first kappa shape index (κ1) is 14.9. The Morgan fingerprint density at radius 1 is 1.17 bits per heavy atom. The van der Waals surface area contributed by atoms with Crippen molar-refractivity contribution in [3.63, 3.8) is 0 Å². The van der Waals surface area contributed by atoms with Gasteiger partial charge in [-0.15, -0.1) is 15.3 Å². The van der Waals surface area contributed by atoms with Crippen molar-refractivity contribution < 1.29 is 4.74 Å². The van der Waals surface area contributed by atoms with Gasteiger partial charge in [0.2, 0.25) is 0 Å². The molecule has 1 aliphatic heterocycles. The Hall–Kier alpha value is -1.69. The lowest BCUT2D eigenvalue weighted by molar-refractivity contribution is -0.00941. The molecule has 0 N–H and O–H groups in total. The van der Waals surface area contributed by atoms with E-state index in [0.717, 1.165) is 36.9 Å². The van der Waals surface area contributed by atoms with E-state index in [0.29, 0.717) is 12.0 Å². The smallest absolute Gasteiger partial charge is 0.178 e. The van der Waals surface area contributed by atoms with Crippen LogP contribution in [0.1, 0.15) is 58.2 Å². The zero-order valence-electron chi connectivity index (χ0n) is 14.2. The van der Waals surface area contributed by atoms with E-state index in [1.165, 1.54) is 19.3 Å². The van der Waals surface area contributed by atoms with Crippen molar-refractivity contribution in [1.82, 2.24) is 19.8 Å². The van der Waals surface area contributed by atoms with E-state index < -0.39 is 0 Å². The summed E-state index contributed by atoms with van der Waals surface area (Å²) in [5.41, 5.74) is 0.747. The van der Waals surface area contributed by atoms with Crippen LogP contribution in [-0.2, 0) is 4.74 Å². The quantitative estimate of drug-likeness (QED) is 0.868. The lowest BCUT2D eigenvalue weighted by Gasteiger charge is -2.29. The van der Waals surface area contributed by atoms with E-state index in [1.807, 2.05) is 10.6 Å². The summed E-state index contributed by atoms with van der Waals surface area (Å²) in [4.78, 5) is 2.38. The number of aromatic nitrogens is 4. The van der Waals surface area contributed by atoms with Crippen molar-refractivity contribution in [2.75, 3.05) is 18.1 Å². The molecule has 0 radical (unpaired) electrons. The Morgan fingerprint density at radius 2 is 2.00 bits per heavy atom. The van der Waals surface area contributed by atoms with Crippen LogP contribution in [-0.4, -0.2) is 44.6 Å². The van der Waals surface area contributed by atoms with Crippen LogP contribution in [0.15, 0.2) is 12.1 Å². The van der Waals surface area contributed by atoms with Gasteiger partial charge in [-0.3, -0.25) is 0 Å². The molecule has 1 atom stereocenters. The van der Waals surface area contributed by atoms with Gasteiger partial charge < -0.3 is 9.64 Å². The summed E-state index contributed by atoms with van der Waals surface area (Å²) >= 11 is 0. The third-order valence-electron chi connectivity index (χ3n) is 4.60. The number of nitrogens with zero attached hydrogens (tertiary/aromatic N) is 5. The van der Waals surface area contributed by atoms with Gasteiger partial charge in [0.15, 0.2) is 11.5 Å². The van der Waals surface area contributed by atoms with E-state index in [2.05, 4.69) is 41.9 Å². The normalized spacial score (nSPS) is 22.2. The number of hydrogen-bond acceptors (Lipinski definition) is 5. The minimum Gasteiger partial charge on any atom is -0.374 e. The van der Waals surface area contributed by atoms with Gasteiger partial charge in [0.25, 0.3) is 0 Å². The number of rotatable bonds is 4. The minimum atomic E-state index is -0.0982. The zero-order valence-corrected chi connectivity index (χ0v) is 14.2. The predicted octanol–water partition coefficient (Wildman–Crippen LogP) is 2.79. The van der Waals surface area contributed by atoms with E-state index in [1.54, 1.807) is 0 Å². The van der Waals surface area contributed by atoms with Gasteiger partial charge >= 0.3 is 0 Å². The first-order valence-electron chi connectivity index (χ1n) is 8.64. The molecule has 0 aromatic carbocycles. The highest BCUT2D eigenvalue weighted by Gasteiger charge is 2.31. The van der Waals surface area contributed by atoms with Crippen molar-refractivity contribution in [3.05, 3.63) is 18.0 Å². The molecule has 6 heteroatoms. The highest BCUT2D eigenvalue weighted by Crippen LogP contribution is 2.39. The standard InChI is InChI=1S/C17H25N5O/c1-17(2,3)23-11-13-5-4-10-21(13)15-9-8-14-18-19-16(12-6-7-12)22(14)20-15/h8-9,12-13H,4-7,10-11H2,1-3H3/t13-/m0/s1. The summed E-state index contributed by atoms with van der Waals surface area (Å²) in [6.45, 7) is 8.11. The van der Waals surface area contributed by atoms with Crippen molar-refractivity contribution in [1.29, 1.82) is 0 Å². The summed E-state index contributed by atoms with van der Waals surface area (Å²) < 4.78 is 7.95. The van der Waals surface area contributed by atoms with Gasteiger partial charge in [0.1, 0.15) is 5.82 Å². The van der Waals surface area contributed by atoms with Gasteiger partial charge in [-0.25, -0.2) is 0 Å². The Morgan fingerprint density at radius 3 is 2.74 bits per heavy atom. The van der Waals surface area contributed by atoms with Crippen molar-refractivity contribution in [3.8, 4) is 0 Å². The topological polar surface area (TPSA) is 55.5 Å². The van der Waals surface area contributed by atoms with E-state index in [4.69, 9.17) is 9.84 Å². The zero-order chi connectivity index (χ0) is 16.0. The molecular weight excluding hydrogens is 290 g/mol. The lowest BCUT2D eigenvalue weighted by Crippen LogP contribution is -2.36. The molecule has 0 amide bonds. The molecule has 0 unspecified atom stereocenters. The molecule has 2 aliphatic rings. The second-order valence-electron chi connectivity index (χ2n) is 7.71. The summed E-state index contributed by atoms with van der Waals surface area (Å²) in [6, 6.07) is 4.50. The maximum atomic E-state index is 6.01. The minimum absolute atomic E-state index is 0.0982. The van der Waals surface area contributed by atoms with Crippen LogP contribution in [0.25, 0.3) is 5.65 Å². The average molecular weight is 315 g/mol. The summed E-state index contributed by atoms with van der Waals surface area (Å²) in [5, 5.41) is 13.4. The molecule has 1 aliphatic carbocycles. The molecule has 0 bridgehead atoms. The molecule has 1 saturated carbocycles. The lowest BCUT2D eigenvalue weighted by atomic mass is 10.2. The summed E-state index contributed by atoms with van der Waals surface area (Å²) in [7, 11) is 0. The third kappa shape index (κ3) is 3.04. The van der Waals surface area contributed by atoms with Crippen LogP contribution >= 0.6 is 0 Å². The maximum Gasteiger partial charge on any atom is 0.178 e. The molecule has 3 heterocycles. The van der Waals surface area contributed by atoms with Crippen molar-refractivity contribution >= 4 is 11.5 Å². The van der Waals surface area contributed by atoms with Gasteiger partial charge in [-0.1, -0.05) is 0 Å². The molecule has 2 aromatic heterocycles. The van der Waals surface area contributed by atoms with Gasteiger partial charge in [0.05, 0.1) is 18.2 Å². The second kappa shape index (κ2) is 5.44. The monoisotopic (exact) mass is 315 g/mol. The first-order chi connectivity index (χ1) is 11.0. The van der Waals surface area contributed by atoms with Crippen LogP contribution in [0.4, 0.5) is 5.82 Å². The van der Waals surface area contributed by atoms with Crippen LogP contribution in [0.2, 0.25) is 0 Å². The van der Waals surface area contributed by atoms with Gasteiger partial charge in [-0.05, 0) is 58.6 Å². The molecule has 2 aromatic rings. The third-order valence-corrected chi connectivity index (χ3v) is 4.60. The fourth-order valence-corrected chi connectivity index (χ4v) is 3.20. The largest absolute Gasteiger partial charge is 0.374 e. The van der Waals surface area contributed by atoms with Crippen LogP contribution in [0.3, 0.4) is 0 Å². The molecule has 4 rings (SSSR count). The number of anilines is 1. The van der Waals surface area contributed by atoms with Crippen molar-refractivity contribution in [2.24, 2.45) is 0 Å². The van der Waals surface area contributed by atoms with Crippen LogP contribution in [0.5, 0.6) is 0 Å². The fraction of sp³-hybridized carbons (Fsp3) is 0.706. The second-order valence-corrected chi connectivity index (χ2v) is 7.71. The SMILES string of the molecule is CC(C)(C)OC[C@@H]1CCCN1c1ccc2nnc(C3CC3)n2n1. The summed E-state index contributed by atoms with van der Waals surface area (Å²) in [6.07, 6.45) is 4.76. The summed E-state index contributed by atoms with van der Waals surface area (Å²) in [5.74, 6) is 2.58. The maximum absolute atomic E-state index is 6.01. The highest BCUT2D eigenvalue weighted by molar-refractivity contribution is 5.47. The molecule has 1 saturated heterocycles. The Kier molecular flexibility index (Phi) is 3.52. The van der Waals surface area contributed by atoms with Gasteiger partial charge in [0, 0.05) is 12.5 Å². The molecule has 0 spiro atoms. The van der Waals surface area contributed by atoms with E-state index in [9.17, 15) is 0 Å². The molecule has 6 nitrogen and oxygen atoms in total. The fourth-order valence-electron chi connectivity index (χ4n) is 3.20. The molecular formula is C17H25N5O. The number of hydrogen-bond donors (Lipinski definition) is 0.